The van der Waals surface area contributed by atoms with Gasteiger partial charge in [0.15, 0.2) is 0 Å². The molecular formula is C15H24N2. The Balaban J connectivity index is 2.00. The molecule has 2 heteroatoms. The Morgan fingerprint density at radius 2 is 2.18 bits per heavy atom. The molecule has 1 aromatic rings. The molecule has 0 bridgehead atoms. The van der Waals surface area contributed by atoms with Gasteiger partial charge < -0.3 is 10.2 Å². The lowest BCUT2D eigenvalue weighted by atomic mass is 9.91. The zero-order valence-electron chi connectivity index (χ0n) is 11.2. The van der Waals surface area contributed by atoms with E-state index in [1.165, 1.54) is 30.4 Å². The Kier molecular flexibility index (Phi) is 4.19. The summed E-state index contributed by atoms with van der Waals surface area (Å²) in [5, 5.41) is 3.44. The zero-order valence-corrected chi connectivity index (χ0v) is 11.2. The molecule has 1 N–H and O–H groups in total. The molecule has 1 fully saturated rings. The first-order chi connectivity index (χ1) is 8.20. The van der Waals surface area contributed by atoms with E-state index in [0.29, 0.717) is 6.04 Å². The molecule has 1 atom stereocenters. The molecule has 0 saturated heterocycles. The Morgan fingerprint density at radius 1 is 1.41 bits per heavy atom. The van der Waals surface area contributed by atoms with Crippen LogP contribution in [0.2, 0.25) is 0 Å². The minimum atomic E-state index is 0.445. The van der Waals surface area contributed by atoms with Crippen molar-refractivity contribution in [1.82, 2.24) is 10.2 Å². The molecule has 1 unspecified atom stereocenters. The maximum absolute atomic E-state index is 3.44. The molecule has 94 valence electrons. The second-order valence-corrected chi connectivity index (χ2v) is 5.28. The average Bonchev–Trinajstić information content (AvgIpc) is 2.23. The van der Waals surface area contributed by atoms with Gasteiger partial charge in [-0.25, -0.2) is 0 Å². The molecule has 1 aliphatic rings. The van der Waals surface area contributed by atoms with Crippen molar-refractivity contribution >= 4 is 0 Å². The molecule has 2 nitrogen and oxygen atoms in total. The van der Waals surface area contributed by atoms with Crippen LogP contribution in [-0.2, 0) is 0 Å². The van der Waals surface area contributed by atoms with Gasteiger partial charge in [-0.1, -0.05) is 36.2 Å². The monoisotopic (exact) mass is 232 g/mol. The second kappa shape index (κ2) is 5.65. The second-order valence-electron chi connectivity index (χ2n) is 5.28. The first-order valence-corrected chi connectivity index (χ1v) is 6.65. The van der Waals surface area contributed by atoms with Crippen LogP contribution in [0.4, 0.5) is 0 Å². The Labute approximate surface area is 105 Å². The first-order valence-electron chi connectivity index (χ1n) is 6.65. The third kappa shape index (κ3) is 3.08. The lowest BCUT2D eigenvalue weighted by molar-refractivity contribution is 0.147. The number of likely N-dealkylation sites (N-methyl/N-ethyl adjacent to an activating group) is 2. The summed E-state index contributed by atoms with van der Waals surface area (Å²) < 4.78 is 0. The number of hydrogen-bond acceptors (Lipinski definition) is 2. The highest BCUT2D eigenvalue weighted by Gasteiger charge is 2.24. The van der Waals surface area contributed by atoms with Crippen LogP contribution in [0.3, 0.4) is 0 Å². The number of benzene rings is 1. The number of hydrogen-bond donors (Lipinski definition) is 1. The highest BCUT2D eigenvalue weighted by molar-refractivity contribution is 5.25. The summed E-state index contributed by atoms with van der Waals surface area (Å²) in [6.07, 6.45) is 4.16. The molecule has 0 radical (unpaired) electrons. The predicted molar refractivity (Wildman–Crippen MR) is 73.2 cm³/mol. The van der Waals surface area contributed by atoms with Gasteiger partial charge in [-0.15, -0.1) is 0 Å². The SMILES string of the molecule is CNC(CN(C)C1CCC1)c1cccc(C)c1. The average molecular weight is 232 g/mol. The third-order valence-electron chi connectivity index (χ3n) is 3.96. The van der Waals surface area contributed by atoms with Crippen molar-refractivity contribution in [2.45, 2.75) is 38.3 Å². The van der Waals surface area contributed by atoms with Gasteiger partial charge in [-0.2, -0.15) is 0 Å². The van der Waals surface area contributed by atoms with E-state index < -0.39 is 0 Å². The van der Waals surface area contributed by atoms with Crippen molar-refractivity contribution in [3.63, 3.8) is 0 Å². The van der Waals surface area contributed by atoms with Crippen LogP contribution in [-0.4, -0.2) is 31.6 Å². The minimum absolute atomic E-state index is 0.445. The first kappa shape index (κ1) is 12.6. The molecule has 1 aromatic carbocycles. The van der Waals surface area contributed by atoms with E-state index >= 15 is 0 Å². The Hall–Kier alpha value is -0.860. The largest absolute Gasteiger partial charge is 0.312 e. The van der Waals surface area contributed by atoms with Crippen LogP contribution in [0.15, 0.2) is 24.3 Å². The molecule has 0 aliphatic heterocycles. The van der Waals surface area contributed by atoms with Crippen molar-refractivity contribution < 1.29 is 0 Å². The van der Waals surface area contributed by atoms with Gasteiger partial charge in [0.05, 0.1) is 0 Å². The lowest BCUT2D eigenvalue weighted by Gasteiger charge is -2.37. The fourth-order valence-electron chi connectivity index (χ4n) is 2.51. The molecule has 0 amide bonds. The molecular weight excluding hydrogens is 208 g/mol. The van der Waals surface area contributed by atoms with Crippen LogP contribution in [0.5, 0.6) is 0 Å². The topological polar surface area (TPSA) is 15.3 Å². The van der Waals surface area contributed by atoms with E-state index in [-0.39, 0.29) is 0 Å². The van der Waals surface area contributed by atoms with Gasteiger partial charge in [0.1, 0.15) is 0 Å². The van der Waals surface area contributed by atoms with Gasteiger partial charge in [0.2, 0.25) is 0 Å². The summed E-state index contributed by atoms with van der Waals surface area (Å²) >= 11 is 0. The molecule has 0 heterocycles. The highest BCUT2D eigenvalue weighted by Crippen LogP contribution is 2.25. The quantitative estimate of drug-likeness (QED) is 0.840. The molecule has 2 rings (SSSR count). The van der Waals surface area contributed by atoms with E-state index in [1.807, 2.05) is 0 Å². The lowest BCUT2D eigenvalue weighted by Crippen LogP contribution is -2.41. The molecule has 17 heavy (non-hydrogen) atoms. The van der Waals surface area contributed by atoms with E-state index in [4.69, 9.17) is 0 Å². The number of nitrogens with one attached hydrogen (secondary N) is 1. The Bertz CT molecular complexity index is 358. The predicted octanol–water partition coefficient (Wildman–Crippen LogP) is 2.74. The van der Waals surface area contributed by atoms with Crippen molar-refractivity contribution in [2.24, 2.45) is 0 Å². The van der Waals surface area contributed by atoms with Crippen LogP contribution in [0.1, 0.15) is 36.4 Å². The fourth-order valence-corrected chi connectivity index (χ4v) is 2.51. The fraction of sp³-hybridized carbons (Fsp3) is 0.600. The third-order valence-corrected chi connectivity index (χ3v) is 3.96. The van der Waals surface area contributed by atoms with Gasteiger partial charge in [0, 0.05) is 18.6 Å². The van der Waals surface area contributed by atoms with Crippen LogP contribution in [0, 0.1) is 6.92 Å². The van der Waals surface area contributed by atoms with Crippen molar-refractivity contribution in [2.75, 3.05) is 20.6 Å². The van der Waals surface area contributed by atoms with E-state index in [1.54, 1.807) is 0 Å². The Morgan fingerprint density at radius 3 is 2.71 bits per heavy atom. The smallest absolute Gasteiger partial charge is 0.0446 e. The summed E-state index contributed by atoms with van der Waals surface area (Å²) in [5.41, 5.74) is 2.74. The summed E-state index contributed by atoms with van der Waals surface area (Å²) in [7, 11) is 4.31. The standard InChI is InChI=1S/C15H24N2/c1-12-6-4-7-13(10-12)15(16-2)11-17(3)14-8-5-9-14/h4,6-7,10,14-16H,5,8-9,11H2,1-3H3. The minimum Gasteiger partial charge on any atom is -0.312 e. The molecule has 1 aliphatic carbocycles. The molecule has 0 spiro atoms. The van der Waals surface area contributed by atoms with E-state index in [9.17, 15) is 0 Å². The summed E-state index contributed by atoms with van der Waals surface area (Å²) in [6, 6.07) is 10.1. The van der Waals surface area contributed by atoms with E-state index in [2.05, 4.69) is 55.5 Å². The number of aryl methyl sites for hydroxylation is 1. The maximum Gasteiger partial charge on any atom is 0.0446 e. The van der Waals surface area contributed by atoms with E-state index in [0.717, 1.165) is 12.6 Å². The van der Waals surface area contributed by atoms with Crippen molar-refractivity contribution in [3.8, 4) is 0 Å². The summed E-state index contributed by atoms with van der Waals surface area (Å²) in [4.78, 5) is 2.51. The summed E-state index contributed by atoms with van der Waals surface area (Å²) in [6.45, 7) is 3.26. The van der Waals surface area contributed by atoms with Gasteiger partial charge in [-0.3, -0.25) is 0 Å². The molecule has 1 saturated carbocycles. The van der Waals surface area contributed by atoms with Gasteiger partial charge in [0.25, 0.3) is 0 Å². The van der Waals surface area contributed by atoms with Crippen molar-refractivity contribution in [3.05, 3.63) is 35.4 Å². The molecule has 0 aromatic heterocycles. The normalized spacial score (nSPS) is 18.1. The maximum atomic E-state index is 3.44. The van der Waals surface area contributed by atoms with Crippen LogP contribution < -0.4 is 5.32 Å². The number of nitrogens with zero attached hydrogens (tertiary/aromatic N) is 1. The highest BCUT2D eigenvalue weighted by atomic mass is 15.2. The van der Waals surface area contributed by atoms with Crippen LogP contribution in [0.25, 0.3) is 0 Å². The van der Waals surface area contributed by atoms with Gasteiger partial charge in [-0.05, 0) is 39.4 Å². The summed E-state index contributed by atoms with van der Waals surface area (Å²) in [5.74, 6) is 0. The van der Waals surface area contributed by atoms with Crippen molar-refractivity contribution in [1.29, 1.82) is 0 Å². The van der Waals surface area contributed by atoms with Gasteiger partial charge >= 0.3 is 0 Å². The zero-order chi connectivity index (χ0) is 12.3. The van der Waals surface area contributed by atoms with Crippen LogP contribution >= 0.6 is 0 Å². The number of rotatable bonds is 5.